The molecule has 0 aromatic heterocycles. The molecule has 1 fully saturated rings. The van der Waals surface area contributed by atoms with Gasteiger partial charge in [0.2, 0.25) is 0 Å². The molecule has 2 unspecified atom stereocenters. The summed E-state index contributed by atoms with van der Waals surface area (Å²) in [4.78, 5) is 0. The lowest BCUT2D eigenvalue weighted by atomic mass is 9.89. The van der Waals surface area contributed by atoms with Crippen molar-refractivity contribution < 1.29 is 13.9 Å². The van der Waals surface area contributed by atoms with Crippen LogP contribution in [-0.4, -0.2) is 19.4 Å². The van der Waals surface area contributed by atoms with Gasteiger partial charge in [-0.25, -0.2) is 4.39 Å². The third-order valence-corrected chi connectivity index (χ3v) is 4.64. The van der Waals surface area contributed by atoms with Gasteiger partial charge >= 0.3 is 0 Å². The molecule has 0 bridgehead atoms. The van der Waals surface area contributed by atoms with Gasteiger partial charge in [-0.15, -0.1) is 0 Å². The summed E-state index contributed by atoms with van der Waals surface area (Å²) in [5, 5.41) is 0. The zero-order valence-electron chi connectivity index (χ0n) is 14.6. The SMILES string of the molecule is C[CH]CC(F)C(CC)c1ccc(C2OCC(CCC)CO2)cc1. The first kappa shape index (κ1) is 18.4. The molecule has 0 amide bonds. The lowest BCUT2D eigenvalue weighted by Gasteiger charge is -2.29. The second-order valence-electron chi connectivity index (χ2n) is 6.49. The van der Waals surface area contributed by atoms with Crippen molar-refractivity contribution in [1.29, 1.82) is 0 Å². The van der Waals surface area contributed by atoms with Crippen LogP contribution in [0.1, 0.15) is 69.8 Å². The van der Waals surface area contributed by atoms with Crippen LogP contribution in [0, 0.1) is 12.3 Å². The van der Waals surface area contributed by atoms with Crippen molar-refractivity contribution >= 4 is 0 Å². The highest BCUT2D eigenvalue weighted by Gasteiger charge is 2.24. The van der Waals surface area contributed by atoms with Gasteiger partial charge in [0, 0.05) is 17.4 Å². The second-order valence-corrected chi connectivity index (χ2v) is 6.49. The highest BCUT2D eigenvalue weighted by atomic mass is 19.1. The van der Waals surface area contributed by atoms with E-state index in [-0.39, 0.29) is 12.2 Å². The van der Waals surface area contributed by atoms with E-state index in [1.165, 1.54) is 0 Å². The maximum Gasteiger partial charge on any atom is 0.183 e. The molecule has 1 heterocycles. The molecule has 129 valence electrons. The van der Waals surface area contributed by atoms with Crippen molar-refractivity contribution in [2.45, 2.75) is 64.8 Å². The Kier molecular flexibility index (Phi) is 7.51. The number of ether oxygens (including phenoxy) is 2. The first-order valence-corrected chi connectivity index (χ1v) is 8.94. The van der Waals surface area contributed by atoms with E-state index in [0.29, 0.717) is 12.3 Å². The molecule has 2 nitrogen and oxygen atoms in total. The van der Waals surface area contributed by atoms with Crippen LogP contribution in [0.15, 0.2) is 24.3 Å². The predicted molar refractivity (Wildman–Crippen MR) is 92.0 cm³/mol. The van der Waals surface area contributed by atoms with Crippen molar-refractivity contribution in [2.75, 3.05) is 13.2 Å². The Hall–Kier alpha value is -0.930. The fourth-order valence-corrected chi connectivity index (χ4v) is 3.30. The Morgan fingerprint density at radius 3 is 2.35 bits per heavy atom. The smallest absolute Gasteiger partial charge is 0.183 e. The molecule has 1 saturated heterocycles. The third-order valence-electron chi connectivity index (χ3n) is 4.64. The fourth-order valence-electron chi connectivity index (χ4n) is 3.30. The van der Waals surface area contributed by atoms with E-state index in [1.54, 1.807) is 0 Å². The van der Waals surface area contributed by atoms with Crippen molar-refractivity contribution in [1.82, 2.24) is 0 Å². The van der Waals surface area contributed by atoms with Crippen LogP contribution in [0.25, 0.3) is 0 Å². The quantitative estimate of drug-likeness (QED) is 0.621. The molecule has 2 atom stereocenters. The average Bonchev–Trinajstić information content (AvgIpc) is 2.57. The highest BCUT2D eigenvalue weighted by Crippen LogP contribution is 2.31. The Balaban J connectivity index is 1.96. The molecular weight excluding hydrogens is 291 g/mol. The molecule has 1 aromatic rings. The zero-order chi connectivity index (χ0) is 16.7. The van der Waals surface area contributed by atoms with E-state index >= 15 is 0 Å². The molecule has 0 spiro atoms. The lowest BCUT2D eigenvalue weighted by molar-refractivity contribution is -0.206. The minimum Gasteiger partial charge on any atom is -0.348 e. The highest BCUT2D eigenvalue weighted by molar-refractivity contribution is 5.27. The molecule has 23 heavy (non-hydrogen) atoms. The van der Waals surface area contributed by atoms with Crippen LogP contribution in [0.3, 0.4) is 0 Å². The number of halogens is 1. The van der Waals surface area contributed by atoms with Crippen LogP contribution in [-0.2, 0) is 9.47 Å². The van der Waals surface area contributed by atoms with Gasteiger partial charge in [0.05, 0.1) is 13.2 Å². The van der Waals surface area contributed by atoms with E-state index < -0.39 is 6.17 Å². The van der Waals surface area contributed by atoms with E-state index in [0.717, 1.165) is 43.6 Å². The lowest BCUT2D eigenvalue weighted by Crippen LogP contribution is -2.27. The van der Waals surface area contributed by atoms with Gasteiger partial charge in [0.25, 0.3) is 0 Å². The summed E-state index contributed by atoms with van der Waals surface area (Å²) in [6, 6.07) is 8.09. The Morgan fingerprint density at radius 1 is 1.17 bits per heavy atom. The molecule has 1 aromatic carbocycles. The van der Waals surface area contributed by atoms with Crippen molar-refractivity contribution in [2.24, 2.45) is 5.92 Å². The molecule has 0 aliphatic carbocycles. The molecule has 2 rings (SSSR count). The fraction of sp³-hybridized carbons (Fsp3) is 0.650. The Bertz CT molecular complexity index is 437. The van der Waals surface area contributed by atoms with Gasteiger partial charge in [0.15, 0.2) is 6.29 Å². The maximum absolute atomic E-state index is 14.2. The molecule has 1 aliphatic rings. The van der Waals surface area contributed by atoms with E-state index in [4.69, 9.17) is 9.47 Å². The summed E-state index contributed by atoms with van der Waals surface area (Å²) < 4.78 is 25.9. The molecule has 0 N–H and O–H groups in total. The second kappa shape index (κ2) is 9.39. The van der Waals surface area contributed by atoms with Crippen LogP contribution in [0.4, 0.5) is 4.39 Å². The normalized spacial score (nSPS) is 24.3. The summed E-state index contributed by atoms with van der Waals surface area (Å²) >= 11 is 0. The minimum atomic E-state index is -0.812. The first-order valence-electron chi connectivity index (χ1n) is 8.94. The zero-order valence-corrected chi connectivity index (χ0v) is 14.6. The summed E-state index contributed by atoms with van der Waals surface area (Å²) in [6.07, 6.45) is 4.44. The van der Waals surface area contributed by atoms with E-state index in [2.05, 4.69) is 6.92 Å². The number of alkyl halides is 1. The minimum absolute atomic E-state index is 0.0395. The molecule has 1 radical (unpaired) electrons. The van der Waals surface area contributed by atoms with Crippen LogP contribution < -0.4 is 0 Å². The topological polar surface area (TPSA) is 18.5 Å². The van der Waals surface area contributed by atoms with Gasteiger partial charge < -0.3 is 9.47 Å². The summed E-state index contributed by atoms with van der Waals surface area (Å²) in [7, 11) is 0. The van der Waals surface area contributed by atoms with Crippen LogP contribution >= 0.6 is 0 Å². The van der Waals surface area contributed by atoms with Crippen LogP contribution in [0.5, 0.6) is 0 Å². The molecular formula is C20H30FO2. The number of rotatable bonds is 8. The van der Waals surface area contributed by atoms with Gasteiger partial charge in [-0.1, -0.05) is 51.5 Å². The largest absolute Gasteiger partial charge is 0.348 e. The Labute approximate surface area is 140 Å². The predicted octanol–water partition coefficient (Wildman–Crippen LogP) is 5.59. The van der Waals surface area contributed by atoms with Crippen LogP contribution in [0.2, 0.25) is 0 Å². The number of benzene rings is 1. The number of hydrogen-bond acceptors (Lipinski definition) is 2. The monoisotopic (exact) mass is 321 g/mol. The summed E-state index contributed by atoms with van der Waals surface area (Å²) in [5.74, 6) is 0.472. The van der Waals surface area contributed by atoms with Crippen molar-refractivity contribution in [3.63, 3.8) is 0 Å². The van der Waals surface area contributed by atoms with Gasteiger partial charge in [-0.2, -0.15) is 0 Å². The summed E-state index contributed by atoms with van der Waals surface area (Å²) in [5.41, 5.74) is 2.08. The van der Waals surface area contributed by atoms with Gasteiger partial charge in [-0.3, -0.25) is 0 Å². The molecule has 3 heteroatoms. The number of hydrogen-bond donors (Lipinski definition) is 0. The Morgan fingerprint density at radius 2 is 1.83 bits per heavy atom. The summed E-state index contributed by atoms with van der Waals surface area (Å²) in [6.45, 7) is 7.66. The third kappa shape index (κ3) is 5.02. The molecule has 0 saturated carbocycles. The maximum atomic E-state index is 14.2. The van der Waals surface area contributed by atoms with Gasteiger partial charge in [0.1, 0.15) is 6.17 Å². The van der Waals surface area contributed by atoms with Crippen molar-refractivity contribution in [3.8, 4) is 0 Å². The average molecular weight is 321 g/mol. The van der Waals surface area contributed by atoms with Gasteiger partial charge in [-0.05, 0) is 31.2 Å². The molecule has 1 aliphatic heterocycles. The van der Waals surface area contributed by atoms with E-state index in [1.807, 2.05) is 44.5 Å². The van der Waals surface area contributed by atoms with Crippen molar-refractivity contribution in [3.05, 3.63) is 41.8 Å². The first-order chi connectivity index (χ1) is 11.2. The van der Waals surface area contributed by atoms with E-state index in [9.17, 15) is 4.39 Å². The standard InChI is InChI=1S/C20H30FO2/c1-4-7-15-13-22-20(23-14-15)17-11-9-16(10-12-17)18(6-3)19(21)8-5-2/h5,9-12,15,18-20H,4,6-8,13-14H2,1-3H3.